The van der Waals surface area contributed by atoms with Crippen molar-refractivity contribution in [2.75, 3.05) is 0 Å². The summed E-state index contributed by atoms with van der Waals surface area (Å²) in [6.07, 6.45) is 0. The summed E-state index contributed by atoms with van der Waals surface area (Å²) in [5.41, 5.74) is 0. The van der Waals surface area contributed by atoms with Crippen molar-refractivity contribution in [1.82, 2.24) is 0 Å². The van der Waals surface area contributed by atoms with E-state index in [0.29, 0.717) is 0 Å². The number of nitrogens with zero attached hydrogens (tertiary/aromatic N) is 12. The minimum Gasteiger partial charge on any atom is 2.00 e. The molecule has 0 amide bonds. The van der Waals surface area contributed by atoms with Gasteiger partial charge in [-0.1, -0.05) is 0 Å². The zero-order chi connectivity index (χ0) is 21.3. The Balaban J connectivity index is -0.000000120. The first-order valence-corrected chi connectivity index (χ1v) is 10.9. The van der Waals surface area contributed by atoms with Crippen molar-refractivity contribution in [2.45, 2.75) is 0 Å². The van der Waals surface area contributed by atoms with E-state index in [4.69, 9.17) is 63.1 Å². The van der Waals surface area contributed by atoms with Crippen LogP contribution in [0.25, 0.3) is 0 Å². The average molecular weight is 733 g/mol. The largest absolute Gasteiger partial charge is 2.00 e. The first-order chi connectivity index (χ1) is 11.9. The molecule has 0 saturated carbocycles. The van der Waals surface area contributed by atoms with Gasteiger partial charge < -0.3 is 0 Å². The van der Waals surface area contributed by atoms with Gasteiger partial charge in [0.2, 0.25) is 0 Å². The first kappa shape index (κ1) is 36.6. The van der Waals surface area contributed by atoms with E-state index in [9.17, 15) is 0 Å². The molecule has 0 saturated heterocycles. The zero-order valence-corrected chi connectivity index (χ0v) is 20.4. The normalized spacial score (nSPS) is 12.0. The summed E-state index contributed by atoms with van der Waals surface area (Å²) in [6, 6.07) is 0. The van der Waals surface area contributed by atoms with Crippen LogP contribution in [0, 0.1) is 123 Å². The quantitative estimate of drug-likeness (QED) is 0.302. The molecule has 0 aliphatic heterocycles. The molecule has 12 nitrogen and oxygen atoms in total. The minimum atomic E-state index is -6.03. The second kappa shape index (κ2) is 9.31. The smallest absolute Gasteiger partial charge is 2.00 e. The Morgan fingerprint density at radius 2 is 0.310 bits per heavy atom. The molecule has 0 bridgehead atoms. The monoisotopic (exact) mass is 736 g/mol. The van der Waals surface area contributed by atoms with Crippen molar-refractivity contribution in [1.29, 1.82) is 63.1 Å². The van der Waals surface area contributed by atoms with E-state index in [-0.39, 0.29) is 58.4 Å². The maximum Gasteiger partial charge on any atom is 2.00 e. The van der Waals surface area contributed by atoms with Gasteiger partial charge in [0.25, 0.3) is 0 Å². The van der Waals surface area contributed by atoms with Gasteiger partial charge >= 0.3 is 203 Å². The molecule has 0 aromatic heterocycles. The molecule has 17 heteroatoms. The van der Waals surface area contributed by atoms with Crippen LogP contribution in [0.1, 0.15) is 0 Å². The molecule has 0 aliphatic rings. The van der Waals surface area contributed by atoms with Crippen molar-refractivity contribution in [3.8, 4) is 60.0 Å². The molecule has 0 radical (unpaired) electrons. The van der Waals surface area contributed by atoms with Crippen LogP contribution >= 0.6 is 0 Å². The zero-order valence-electron chi connectivity index (χ0n) is 13.1. The van der Waals surface area contributed by atoms with Crippen LogP contribution in [-0.4, -0.2) is 0 Å². The van der Waals surface area contributed by atoms with Crippen LogP contribution in [0.3, 0.4) is 0 Å². The minimum absolute atomic E-state index is 0. The first-order valence-electron chi connectivity index (χ1n) is 4.68. The van der Waals surface area contributed by atoms with Gasteiger partial charge in [0.15, 0.2) is 0 Å². The van der Waals surface area contributed by atoms with Crippen molar-refractivity contribution in [3.63, 3.8) is 0 Å². The molecule has 29 heavy (non-hydrogen) atoms. The Kier molecular flexibility index (Phi) is 11.8. The number of nitriles is 12. The number of rotatable bonds is 0. The molecule has 0 aromatic carbocycles. The summed E-state index contributed by atoms with van der Waals surface area (Å²) in [7, 11) is -12.1. The summed E-state index contributed by atoms with van der Waals surface area (Å²) < 4.78 is 0. The fourth-order valence-corrected chi connectivity index (χ4v) is 2.06. The van der Waals surface area contributed by atoms with Crippen LogP contribution in [0.2, 0.25) is 0 Å². The summed E-state index contributed by atoms with van der Waals surface area (Å²) in [6.45, 7) is 0. The molecule has 0 unspecified atom stereocenters. The van der Waals surface area contributed by atoms with E-state index < -0.39 is 21.1 Å². The van der Waals surface area contributed by atoms with Gasteiger partial charge in [-0.2, -0.15) is 0 Å². The predicted molar refractivity (Wildman–Crippen MR) is 67.4 cm³/mol. The van der Waals surface area contributed by atoms with Gasteiger partial charge in [0, 0.05) is 0 Å². The summed E-state index contributed by atoms with van der Waals surface area (Å²) in [5.74, 6) is 0. The Morgan fingerprint density at radius 1 is 0.241 bits per heavy atom. The van der Waals surface area contributed by atoms with Crippen molar-refractivity contribution in [2.24, 2.45) is 0 Å². The van der Waals surface area contributed by atoms with Crippen LogP contribution in [0.5, 0.6) is 0 Å². The molecule has 0 N–H and O–H groups in total. The summed E-state index contributed by atoms with van der Waals surface area (Å²) >= 11 is 0. The predicted octanol–water partition coefficient (Wildman–Crippen LogP) is 0.189. The van der Waals surface area contributed by atoms with Crippen molar-refractivity contribution >= 4 is 0 Å². The molecule has 0 fully saturated rings. The Labute approximate surface area is 201 Å². The third-order valence-corrected chi connectivity index (χ3v) is 9.22. The van der Waals surface area contributed by atoms with E-state index in [0.717, 1.165) is 60.0 Å². The van der Waals surface area contributed by atoms with E-state index in [1.807, 2.05) is 0 Å². The fourth-order valence-electron chi connectivity index (χ4n) is 0.500. The van der Waals surface area contributed by atoms with Crippen LogP contribution in [0.15, 0.2) is 0 Å². The number of hydrogen-bond acceptors (Lipinski definition) is 12. The fraction of sp³-hybridized carbons (Fsp3) is 0. The summed E-state index contributed by atoms with van der Waals surface area (Å²) in [4.78, 5) is 0. The van der Waals surface area contributed by atoms with Gasteiger partial charge in [-0.05, 0) is 0 Å². The molecule has 0 aromatic rings. The molecular formula is C12Co2N12Ru3. The molecular weight excluding hydrogens is 733 g/mol. The molecule has 0 atom stereocenters. The van der Waals surface area contributed by atoms with E-state index >= 15 is 0 Å². The van der Waals surface area contributed by atoms with E-state index in [1.165, 1.54) is 0 Å². The maximum atomic E-state index is 8.58. The topological polar surface area (TPSA) is 285 Å². The molecule has 0 heterocycles. The van der Waals surface area contributed by atoms with Crippen LogP contribution in [-0.2, 0) is 79.5 Å². The second-order valence-corrected chi connectivity index (χ2v) is 14.0. The molecule has 150 valence electrons. The Hall–Kier alpha value is -3.24. The Morgan fingerprint density at radius 3 is 0.310 bits per heavy atom. The maximum absolute atomic E-state index is 8.58. The summed E-state index contributed by atoms with van der Waals surface area (Å²) in [5, 5.41) is 115. The third kappa shape index (κ3) is 3.98. The second-order valence-electron chi connectivity index (χ2n) is 3.39. The standard InChI is InChI=1S/12CN.2Co.3Ru/c12*1-2;;;;;/q;;;;;;;;;;;;2*-3;3*+2. The van der Waals surface area contributed by atoms with Crippen molar-refractivity contribution in [3.05, 3.63) is 0 Å². The third-order valence-electron chi connectivity index (χ3n) is 2.24. The number of hydrogen-bond donors (Lipinski definition) is 0. The molecule has 0 spiro atoms. The van der Waals surface area contributed by atoms with E-state index in [2.05, 4.69) is 0 Å². The van der Waals surface area contributed by atoms with Gasteiger partial charge in [0.05, 0.1) is 0 Å². The van der Waals surface area contributed by atoms with Gasteiger partial charge in [-0.25, -0.2) is 0 Å². The van der Waals surface area contributed by atoms with Crippen molar-refractivity contribution < 1.29 is 79.5 Å². The average Bonchev–Trinajstić information content (AvgIpc) is 2.77. The van der Waals surface area contributed by atoms with Gasteiger partial charge in [0.1, 0.15) is 0 Å². The molecule has 0 rings (SSSR count). The van der Waals surface area contributed by atoms with Gasteiger partial charge in [-0.3, -0.25) is 0 Å². The van der Waals surface area contributed by atoms with Crippen LogP contribution < -0.4 is 0 Å². The van der Waals surface area contributed by atoms with Crippen LogP contribution in [0.4, 0.5) is 0 Å². The molecule has 0 aliphatic carbocycles. The van der Waals surface area contributed by atoms with E-state index in [1.54, 1.807) is 0 Å². The Bertz CT molecular complexity index is 890. The SMILES string of the molecule is N#[C][Co-3]([C]#N)([C]#N)([C]#N)([C]#N)[C]#N.N#[C][Co-3]([C]#N)([C]#N)([C]#N)([C]#N)[C]#N.[Ru+2].[Ru+2].[Ru+2]. The van der Waals surface area contributed by atoms with Gasteiger partial charge in [-0.15, -0.1) is 0 Å².